The molecular weight excluding hydrogens is 456 g/mol. The molecule has 0 spiro atoms. The fourth-order valence-corrected chi connectivity index (χ4v) is 3.41. The SMILES string of the molecule is CCCCC(CC)COc1ccc(-c2ncnc(-c3ccc(OC)cc3)n2)c(O)c1.c1cnnnc1. The van der Waals surface area contributed by atoms with Crippen molar-refractivity contribution in [2.45, 2.75) is 39.5 Å². The molecule has 0 radical (unpaired) electrons. The third-order valence-electron chi connectivity index (χ3n) is 5.57. The summed E-state index contributed by atoms with van der Waals surface area (Å²) in [6.07, 6.45) is 9.25. The number of unbranched alkanes of at least 4 members (excludes halogenated alkanes) is 1. The zero-order valence-electron chi connectivity index (χ0n) is 20.9. The van der Waals surface area contributed by atoms with Crippen molar-refractivity contribution >= 4 is 0 Å². The van der Waals surface area contributed by atoms with E-state index >= 15 is 0 Å². The van der Waals surface area contributed by atoms with Crippen LogP contribution >= 0.6 is 0 Å². The Balaban J connectivity index is 0.000000526. The van der Waals surface area contributed by atoms with E-state index in [4.69, 9.17) is 9.47 Å². The molecule has 0 aliphatic heterocycles. The Labute approximate surface area is 211 Å². The standard InChI is InChI=1S/C24H29N3O3.C3H3N3/c1-4-6-7-17(5-2)15-30-20-12-13-21(22(28)14-20)24-26-16-25-23(27-24)18-8-10-19(29-3)11-9-18;1-2-4-6-5-3-1/h8-14,16-17,28H,4-7,15H2,1-3H3;1-3H. The number of aromatic hydroxyl groups is 1. The van der Waals surface area contributed by atoms with E-state index in [2.05, 4.69) is 44.2 Å². The van der Waals surface area contributed by atoms with Gasteiger partial charge in [-0.1, -0.05) is 33.1 Å². The summed E-state index contributed by atoms with van der Waals surface area (Å²) in [4.78, 5) is 13.0. The van der Waals surface area contributed by atoms with E-state index in [-0.39, 0.29) is 5.75 Å². The number of hydrogen-bond donors (Lipinski definition) is 1. The zero-order valence-corrected chi connectivity index (χ0v) is 20.9. The smallest absolute Gasteiger partial charge is 0.167 e. The van der Waals surface area contributed by atoms with E-state index in [1.807, 2.05) is 30.3 Å². The molecule has 9 nitrogen and oxygen atoms in total. The zero-order chi connectivity index (χ0) is 25.6. The molecule has 4 rings (SSSR count). The van der Waals surface area contributed by atoms with Crippen LogP contribution in [0, 0.1) is 5.92 Å². The Hall–Kier alpha value is -4.14. The third-order valence-corrected chi connectivity index (χ3v) is 5.57. The van der Waals surface area contributed by atoms with Crippen LogP contribution in [0.4, 0.5) is 0 Å². The van der Waals surface area contributed by atoms with Gasteiger partial charge in [-0.15, -0.1) is 10.2 Å². The van der Waals surface area contributed by atoms with E-state index in [9.17, 15) is 5.11 Å². The Morgan fingerprint density at radius 2 is 1.64 bits per heavy atom. The molecule has 0 saturated heterocycles. The first kappa shape index (κ1) is 26.5. The Kier molecular flexibility index (Phi) is 10.5. The second kappa shape index (κ2) is 14.3. The second-order valence-electron chi connectivity index (χ2n) is 8.08. The summed E-state index contributed by atoms with van der Waals surface area (Å²) in [5, 5.41) is 20.7. The largest absolute Gasteiger partial charge is 0.507 e. The maximum atomic E-state index is 10.5. The second-order valence-corrected chi connectivity index (χ2v) is 8.08. The lowest BCUT2D eigenvalue weighted by Gasteiger charge is -2.16. The Bertz CT molecular complexity index is 1150. The van der Waals surface area contributed by atoms with Gasteiger partial charge in [0, 0.05) is 11.6 Å². The minimum Gasteiger partial charge on any atom is -0.507 e. The quantitative estimate of drug-likeness (QED) is 0.314. The number of ether oxygens (including phenoxy) is 2. The molecule has 36 heavy (non-hydrogen) atoms. The van der Waals surface area contributed by atoms with E-state index in [1.165, 1.54) is 19.2 Å². The number of aromatic nitrogens is 6. The fraction of sp³-hybridized carbons (Fsp3) is 0.333. The molecule has 188 valence electrons. The molecule has 0 fully saturated rings. The molecule has 4 aromatic rings. The van der Waals surface area contributed by atoms with E-state index in [0.717, 1.165) is 24.2 Å². The average molecular weight is 489 g/mol. The lowest BCUT2D eigenvalue weighted by atomic mass is 10.0. The van der Waals surface area contributed by atoms with Crippen molar-refractivity contribution in [3.05, 3.63) is 67.3 Å². The predicted molar refractivity (Wildman–Crippen MR) is 138 cm³/mol. The number of methoxy groups -OCH3 is 1. The van der Waals surface area contributed by atoms with Crippen molar-refractivity contribution in [3.63, 3.8) is 0 Å². The molecule has 2 aromatic heterocycles. The summed E-state index contributed by atoms with van der Waals surface area (Å²) >= 11 is 0. The van der Waals surface area contributed by atoms with E-state index < -0.39 is 0 Å². The normalized spacial score (nSPS) is 11.2. The van der Waals surface area contributed by atoms with Gasteiger partial charge in [0.05, 0.1) is 31.7 Å². The molecule has 0 saturated carbocycles. The van der Waals surface area contributed by atoms with Crippen LogP contribution in [0.15, 0.2) is 67.3 Å². The monoisotopic (exact) mass is 488 g/mol. The highest BCUT2D eigenvalue weighted by Crippen LogP contribution is 2.31. The molecule has 1 atom stereocenters. The van der Waals surface area contributed by atoms with Gasteiger partial charge in [-0.05, 0) is 60.0 Å². The summed E-state index contributed by atoms with van der Waals surface area (Å²) < 4.78 is 11.1. The van der Waals surface area contributed by atoms with Gasteiger partial charge in [0.1, 0.15) is 23.6 Å². The highest BCUT2D eigenvalue weighted by Gasteiger charge is 2.13. The maximum absolute atomic E-state index is 10.5. The molecule has 1 N–H and O–H groups in total. The van der Waals surface area contributed by atoms with E-state index in [0.29, 0.717) is 35.5 Å². The molecule has 2 aromatic carbocycles. The summed E-state index contributed by atoms with van der Waals surface area (Å²) in [6.45, 7) is 5.04. The summed E-state index contributed by atoms with van der Waals surface area (Å²) in [7, 11) is 1.62. The van der Waals surface area contributed by atoms with Crippen LogP contribution in [0.5, 0.6) is 17.2 Å². The number of rotatable bonds is 10. The number of phenols is 1. The van der Waals surface area contributed by atoms with Crippen LogP contribution in [0.3, 0.4) is 0 Å². The Morgan fingerprint density at radius 1 is 0.917 bits per heavy atom. The molecule has 0 aliphatic carbocycles. The first-order valence-electron chi connectivity index (χ1n) is 12.0. The number of nitrogens with zero attached hydrogens (tertiary/aromatic N) is 6. The van der Waals surface area contributed by atoms with Gasteiger partial charge in [0.25, 0.3) is 0 Å². The number of benzene rings is 2. The van der Waals surface area contributed by atoms with Crippen molar-refractivity contribution in [1.82, 2.24) is 30.4 Å². The first-order valence-corrected chi connectivity index (χ1v) is 12.0. The highest BCUT2D eigenvalue weighted by atomic mass is 16.5. The number of hydrogen-bond acceptors (Lipinski definition) is 9. The predicted octanol–water partition coefficient (Wildman–Crippen LogP) is 5.39. The molecular formula is C27H32N6O3. The maximum Gasteiger partial charge on any atom is 0.167 e. The third kappa shape index (κ3) is 7.97. The Morgan fingerprint density at radius 3 is 2.22 bits per heavy atom. The first-order chi connectivity index (χ1) is 17.6. The van der Waals surface area contributed by atoms with Gasteiger partial charge in [-0.25, -0.2) is 15.0 Å². The summed E-state index contributed by atoms with van der Waals surface area (Å²) in [5.74, 6) is 2.97. The van der Waals surface area contributed by atoms with Crippen molar-refractivity contribution < 1.29 is 14.6 Å². The topological polar surface area (TPSA) is 116 Å². The van der Waals surface area contributed by atoms with Crippen molar-refractivity contribution in [1.29, 1.82) is 0 Å². The minimum absolute atomic E-state index is 0.0842. The van der Waals surface area contributed by atoms with Crippen molar-refractivity contribution in [3.8, 4) is 40.0 Å². The molecule has 0 amide bonds. The molecule has 0 aliphatic rings. The van der Waals surface area contributed by atoms with Crippen LogP contribution < -0.4 is 9.47 Å². The summed E-state index contributed by atoms with van der Waals surface area (Å²) in [5.41, 5.74) is 1.38. The fourth-order valence-electron chi connectivity index (χ4n) is 3.41. The van der Waals surface area contributed by atoms with Crippen LogP contribution in [0.2, 0.25) is 0 Å². The molecule has 9 heteroatoms. The van der Waals surface area contributed by atoms with Crippen LogP contribution in [-0.4, -0.2) is 49.2 Å². The van der Waals surface area contributed by atoms with Crippen molar-refractivity contribution in [2.75, 3.05) is 13.7 Å². The van der Waals surface area contributed by atoms with Crippen LogP contribution in [0.1, 0.15) is 39.5 Å². The minimum atomic E-state index is 0.0842. The van der Waals surface area contributed by atoms with Crippen LogP contribution in [-0.2, 0) is 0 Å². The highest BCUT2D eigenvalue weighted by molar-refractivity contribution is 5.67. The van der Waals surface area contributed by atoms with Gasteiger partial charge >= 0.3 is 0 Å². The van der Waals surface area contributed by atoms with E-state index in [1.54, 1.807) is 37.7 Å². The lowest BCUT2D eigenvalue weighted by Crippen LogP contribution is -2.11. The average Bonchev–Trinajstić information content (AvgIpc) is 2.94. The number of phenolic OH excluding ortho intramolecular Hbond substituents is 1. The van der Waals surface area contributed by atoms with Gasteiger partial charge in [-0.2, -0.15) is 0 Å². The lowest BCUT2D eigenvalue weighted by molar-refractivity contribution is 0.232. The molecule has 0 bridgehead atoms. The van der Waals surface area contributed by atoms with Gasteiger partial charge in [-0.3, -0.25) is 0 Å². The van der Waals surface area contributed by atoms with Gasteiger partial charge in [0.15, 0.2) is 11.6 Å². The molecule has 2 heterocycles. The van der Waals surface area contributed by atoms with Crippen LogP contribution in [0.25, 0.3) is 22.8 Å². The molecule has 1 unspecified atom stereocenters. The van der Waals surface area contributed by atoms with Crippen molar-refractivity contribution in [2.24, 2.45) is 5.92 Å². The van der Waals surface area contributed by atoms with Gasteiger partial charge < -0.3 is 14.6 Å². The van der Waals surface area contributed by atoms with Gasteiger partial charge in [0.2, 0.25) is 0 Å². The summed E-state index contributed by atoms with van der Waals surface area (Å²) in [6, 6.07) is 14.4.